The van der Waals surface area contributed by atoms with Crippen LogP contribution in [0, 0.1) is 11.8 Å². The second-order valence-electron chi connectivity index (χ2n) is 5.95. The fraction of sp³-hybridized carbons (Fsp3) is 0.471. The SMILES string of the molecule is CC(NC(=O)[C@@H]1CCC[C@@H]1CN)c1cc2ccccc2o1. The van der Waals surface area contributed by atoms with Gasteiger partial charge in [-0.05, 0) is 44.4 Å². The van der Waals surface area contributed by atoms with Gasteiger partial charge in [-0.15, -0.1) is 0 Å². The average Bonchev–Trinajstić information content (AvgIpc) is 3.13. The first-order valence-corrected chi connectivity index (χ1v) is 7.68. The Kier molecular flexibility index (Phi) is 3.97. The van der Waals surface area contributed by atoms with E-state index in [0.717, 1.165) is 36.0 Å². The number of hydrogen-bond donors (Lipinski definition) is 2. The number of carbonyl (C=O) groups is 1. The van der Waals surface area contributed by atoms with Crippen molar-refractivity contribution in [3.05, 3.63) is 36.1 Å². The molecular formula is C17H22N2O2. The first kappa shape index (κ1) is 14.1. The Morgan fingerprint density at radius 3 is 3.00 bits per heavy atom. The Bertz CT molecular complexity index is 602. The molecule has 0 radical (unpaired) electrons. The molecule has 0 aliphatic heterocycles. The van der Waals surface area contributed by atoms with Gasteiger partial charge in [0.25, 0.3) is 0 Å². The highest BCUT2D eigenvalue weighted by Gasteiger charge is 2.32. The molecule has 1 aliphatic rings. The summed E-state index contributed by atoms with van der Waals surface area (Å²) in [6.07, 6.45) is 3.10. The lowest BCUT2D eigenvalue weighted by Gasteiger charge is -2.19. The van der Waals surface area contributed by atoms with Crippen molar-refractivity contribution in [1.29, 1.82) is 0 Å². The molecule has 1 aromatic heterocycles. The van der Waals surface area contributed by atoms with E-state index in [1.165, 1.54) is 0 Å². The van der Waals surface area contributed by atoms with Crippen LogP contribution >= 0.6 is 0 Å². The second-order valence-corrected chi connectivity index (χ2v) is 5.95. The van der Waals surface area contributed by atoms with Crippen LogP contribution in [-0.2, 0) is 4.79 Å². The molecule has 1 saturated carbocycles. The van der Waals surface area contributed by atoms with E-state index in [1.54, 1.807) is 0 Å². The summed E-state index contributed by atoms with van der Waals surface area (Å²) in [7, 11) is 0. The van der Waals surface area contributed by atoms with E-state index < -0.39 is 0 Å². The summed E-state index contributed by atoms with van der Waals surface area (Å²) < 4.78 is 5.81. The molecule has 4 nitrogen and oxygen atoms in total. The third kappa shape index (κ3) is 2.81. The Hall–Kier alpha value is -1.81. The zero-order valence-electron chi connectivity index (χ0n) is 12.3. The lowest BCUT2D eigenvalue weighted by atomic mass is 9.95. The molecule has 2 aromatic rings. The van der Waals surface area contributed by atoms with Crippen molar-refractivity contribution in [2.75, 3.05) is 6.54 Å². The highest BCUT2D eigenvalue weighted by atomic mass is 16.3. The van der Waals surface area contributed by atoms with Crippen molar-refractivity contribution in [2.24, 2.45) is 17.6 Å². The smallest absolute Gasteiger partial charge is 0.224 e. The van der Waals surface area contributed by atoms with Gasteiger partial charge in [0.2, 0.25) is 5.91 Å². The minimum Gasteiger partial charge on any atom is -0.459 e. The Balaban J connectivity index is 1.70. The topological polar surface area (TPSA) is 68.3 Å². The highest BCUT2D eigenvalue weighted by molar-refractivity contribution is 5.80. The number of hydrogen-bond acceptors (Lipinski definition) is 3. The summed E-state index contributed by atoms with van der Waals surface area (Å²) in [5, 5.41) is 4.14. The minimum atomic E-state index is -0.121. The van der Waals surface area contributed by atoms with Crippen molar-refractivity contribution in [1.82, 2.24) is 5.32 Å². The van der Waals surface area contributed by atoms with Crippen LogP contribution in [0.25, 0.3) is 11.0 Å². The molecule has 1 aliphatic carbocycles. The number of amides is 1. The Labute approximate surface area is 124 Å². The quantitative estimate of drug-likeness (QED) is 0.908. The molecule has 1 aromatic carbocycles. The number of nitrogens with two attached hydrogens (primary N) is 1. The van der Waals surface area contributed by atoms with Gasteiger partial charge in [0.15, 0.2) is 0 Å². The van der Waals surface area contributed by atoms with Crippen LogP contribution in [0.3, 0.4) is 0 Å². The van der Waals surface area contributed by atoms with Crippen LogP contribution < -0.4 is 11.1 Å². The molecule has 0 spiro atoms. The van der Waals surface area contributed by atoms with Crippen molar-refractivity contribution < 1.29 is 9.21 Å². The van der Waals surface area contributed by atoms with Crippen LogP contribution in [0.15, 0.2) is 34.7 Å². The number of nitrogens with one attached hydrogen (secondary N) is 1. The van der Waals surface area contributed by atoms with Gasteiger partial charge in [-0.25, -0.2) is 0 Å². The summed E-state index contributed by atoms with van der Waals surface area (Å²) in [5.41, 5.74) is 6.61. The standard InChI is InChI=1S/C17H22N2O2/c1-11(16-9-12-5-2-3-8-15(12)21-16)19-17(20)14-7-4-6-13(14)10-18/h2-3,5,8-9,11,13-14H,4,6-7,10,18H2,1H3,(H,19,20)/t11?,13-,14-/m1/s1. The third-order valence-electron chi connectivity index (χ3n) is 4.53. The maximum atomic E-state index is 12.4. The molecule has 3 rings (SSSR count). The molecule has 1 fully saturated rings. The van der Waals surface area contributed by atoms with Crippen molar-refractivity contribution in [3.8, 4) is 0 Å². The molecule has 0 saturated heterocycles. The predicted octanol–water partition coefficient (Wildman–Crippen LogP) is 2.99. The molecule has 1 unspecified atom stereocenters. The fourth-order valence-electron chi connectivity index (χ4n) is 3.27. The maximum absolute atomic E-state index is 12.4. The summed E-state index contributed by atoms with van der Waals surface area (Å²) in [6.45, 7) is 2.55. The van der Waals surface area contributed by atoms with E-state index in [1.807, 2.05) is 37.3 Å². The van der Waals surface area contributed by atoms with Gasteiger partial charge in [0.1, 0.15) is 11.3 Å². The van der Waals surface area contributed by atoms with Gasteiger partial charge >= 0.3 is 0 Å². The van der Waals surface area contributed by atoms with E-state index in [0.29, 0.717) is 12.5 Å². The zero-order valence-corrected chi connectivity index (χ0v) is 12.3. The van der Waals surface area contributed by atoms with Crippen molar-refractivity contribution in [3.63, 3.8) is 0 Å². The second kappa shape index (κ2) is 5.90. The van der Waals surface area contributed by atoms with E-state index in [9.17, 15) is 4.79 Å². The number of carbonyl (C=O) groups excluding carboxylic acids is 1. The summed E-state index contributed by atoms with van der Waals surface area (Å²) in [4.78, 5) is 12.4. The molecule has 3 atom stereocenters. The number of rotatable bonds is 4. The first-order chi connectivity index (χ1) is 10.2. The van der Waals surface area contributed by atoms with Crippen LogP contribution in [0.1, 0.15) is 38.0 Å². The minimum absolute atomic E-state index is 0.0572. The van der Waals surface area contributed by atoms with Crippen molar-refractivity contribution >= 4 is 16.9 Å². The van der Waals surface area contributed by atoms with Crippen LogP contribution in [-0.4, -0.2) is 12.5 Å². The number of furan rings is 1. The molecule has 21 heavy (non-hydrogen) atoms. The number of para-hydroxylation sites is 1. The van der Waals surface area contributed by atoms with Gasteiger partial charge < -0.3 is 15.5 Å². The summed E-state index contributed by atoms with van der Waals surface area (Å²) in [6, 6.07) is 9.75. The molecule has 3 N–H and O–H groups in total. The van der Waals surface area contributed by atoms with E-state index in [4.69, 9.17) is 10.2 Å². The number of benzene rings is 1. The predicted molar refractivity (Wildman–Crippen MR) is 82.7 cm³/mol. The van der Waals surface area contributed by atoms with Crippen LogP contribution in [0.2, 0.25) is 0 Å². The summed E-state index contributed by atoms with van der Waals surface area (Å²) in [5.74, 6) is 1.29. The zero-order chi connectivity index (χ0) is 14.8. The molecule has 0 bridgehead atoms. The molecule has 1 amide bonds. The van der Waals surface area contributed by atoms with E-state index >= 15 is 0 Å². The fourth-order valence-corrected chi connectivity index (χ4v) is 3.27. The largest absolute Gasteiger partial charge is 0.459 e. The number of fused-ring (bicyclic) bond motifs is 1. The molecule has 4 heteroatoms. The maximum Gasteiger partial charge on any atom is 0.224 e. The third-order valence-corrected chi connectivity index (χ3v) is 4.53. The lowest BCUT2D eigenvalue weighted by Crippen LogP contribution is -2.36. The highest BCUT2D eigenvalue weighted by Crippen LogP contribution is 2.32. The van der Waals surface area contributed by atoms with Gasteiger partial charge in [-0.1, -0.05) is 24.6 Å². The average molecular weight is 286 g/mol. The van der Waals surface area contributed by atoms with Crippen molar-refractivity contribution in [2.45, 2.75) is 32.2 Å². The van der Waals surface area contributed by atoms with Gasteiger partial charge in [0.05, 0.1) is 6.04 Å². The van der Waals surface area contributed by atoms with E-state index in [2.05, 4.69) is 5.32 Å². The summed E-state index contributed by atoms with van der Waals surface area (Å²) >= 11 is 0. The Morgan fingerprint density at radius 2 is 2.24 bits per heavy atom. The monoisotopic (exact) mass is 286 g/mol. The van der Waals surface area contributed by atoms with Gasteiger partial charge in [0, 0.05) is 11.3 Å². The van der Waals surface area contributed by atoms with Crippen LogP contribution in [0.4, 0.5) is 0 Å². The Morgan fingerprint density at radius 1 is 1.43 bits per heavy atom. The molecule has 1 heterocycles. The lowest BCUT2D eigenvalue weighted by molar-refractivity contribution is -0.126. The van der Waals surface area contributed by atoms with E-state index in [-0.39, 0.29) is 17.9 Å². The van der Waals surface area contributed by atoms with Gasteiger partial charge in [-0.3, -0.25) is 4.79 Å². The normalized spacial score (nSPS) is 23.3. The van der Waals surface area contributed by atoms with Crippen LogP contribution in [0.5, 0.6) is 0 Å². The molecule has 112 valence electrons. The first-order valence-electron chi connectivity index (χ1n) is 7.68. The van der Waals surface area contributed by atoms with Gasteiger partial charge in [-0.2, -0.15) is 0 Å². The molecular weight excluding hydrogens is 264 g/mol.